The van der Waals surface area contributed by atoms with Gasteiger partial charge in [-0.05, 0) is 49.7 Å². The average molecular weight is 392 g/mol. The molecule has 0 saturated carbocycles. The zero-order chi connectivity index (χ0) is 19.7. The minimum absolute atomic E-state index is 0.0885. The van der Waals surface area contributed by atoms with Gasteiger partial charge in [0.05, 0.1) is 11.7 Å². The predicted octanol–water partition coefficient (Wildman–Crippen LogP) is 3.04. The highest BCUT2D eigenvalue weighted by atomic mass is 28.3. The fraction of sp³-hybridized carbons (Fsp3) is 0.273. The highest BCUT2D eigenvalue weighted by Gasteiger charge is 2.35. The molecule has 0 fully saturated rings. The fourth-order valence-electron chi connectivity index (χ4n) is 4.02. The zero-order valence-electron chi connectivity index (χ0n) is 16.3. The number of para-hydroxylation sites is 1. The van der Waals surface area contributed by atoms with Crippen LogP contribution in [0.5, 0.6) is 0 Å². The van der Waals surface area contributed by atoms with Gasteiger partial charge in [0.2, 0.25) is 8.24 Å². The summed E-state index contributed by atoms with van der Waals surface area (Å²) < 4.78 is 4.81. The standard InChI is InChI=1S/C22H25N3O2Si/c1-28(2,20-16-10-5-11-17-20)25-22(27)23(18-12-6-3-7-13-18)21(26)24(25)19-14-8-4-9-15-19/h3,5-8,10-14,16-17,19H,4,9,15H2,1-2H3. The van der Waals surface area contributed by atoms with E-state index < -0.39 is 8.24 Å². The molecular weight excluding hydrogens is 366 g/mol. The van der Waals surface area contributed by atoms with E-state index in [9.17, 15) is 9.59 Å². The van der Waals surface area contributed by atoms with Gasteiger partial charge in [-0.2, -0.15) is 0 Å². The number of hydrogen-bond acceptors (Lipinski definition) is 2. The van der Waals surface area contributed by atoms with Crippen molar-refractivity contribution in [1.82, 2.24) is 13.6 Å². The molecule has 3 aromatic rings. The van der Waals surface area contributed by atoms with E-state index in [2.05, 4.69) is 37.4 Å². The summed E-state index contributed by atoms with van der Waals surface area (Å²) in [5.41, 5.74) is 0.0996. The molecule has 144 valence electrons. The highest BCUT2D eigenvalue weighted by Crippen LogP contribution is 2.22. The van der Waals surface area contributed by atoms with Gasteiger partial charge in [0, 0.05) is 0 Å². The van der Waals surface area contributed by atoms with Crippen LogP contribution in [0.2, 0.25) is 13.1 Å². The van der Waals surface area contributed by atoms with Gasteiger partial charge in [-0.15, -0.1) is 0 Å². The molecule has 1 aliphatic rings. The van der Waals surface area contributed by atoms with Crippen molar-refractivity contribution in [2.45, 2.75) is 38.4 Å². The molecule has 0 bridgehead atoms. The molecule has 0 radical (unpaired) electrons. The number of hydrogen-bond donors (Lipinski definition) is 0. The first-order valence-corrected chi connectivity index (χ1v) is 12.7. The van der Waals surface area contributed by atoms with E-state index in [1.807, 2.05) is 48.5 Å². The lowest BCUT2D eigenvalue weighted by Crippen LogP contribution is -2.57. The van der Waals surface area contributed by atoms with Gasteiger partial charge >= 0.3 is 11.4 Å². The maximum atomic E-state index is 13.6. The number of nitrogens with zero attached hydrogens (tertiary/aromatic N) is 3. The molecule has 2 aromatic carbocycles. The van der Waals surface area contributed by atoms with Gasteiger partial charge in [0.1, 0.15) is 0 Å². The minimum Gasteiger partial charge on any atom is -0.257 e. The Balaban J connectivity index is 2.02. The zero-order valence-corrected chi connectivity index (χ0v) is 17.3. The van der Waals surface area contributed by atoms with Crippen molar-refractivity contribution >= 4 is 13.4 Å². The summed E-state index contributed by atoms with van der Waals surface area (Å²) in [6.07, 6.45) is 7.10. The second-order valence-corrected chi connectivity index (χ2v) is 11.9. The topological polar surface area (TPSA) is 48.9 Å². The summed E-state index contributed by atoms with van der Waals surface area (Å²) in [5, 5.41) is 1.12. The van der Waals surface area contributed by atoms with Crippen molar-refractivity contribution in [3.05, 3.63) is 93.8 Å². The number of aromatic nitrogens is 3. The Labute approximate surface area is 165 Å². The lowest BCUT2D eigenvalue weighted by Gasteiger charge is -2.29. The SMILES string of the molecule is C[Si](C)(c1ccccc1)n1c(=O)n(-c2ccccc2)c(=O)n1C1C=CCCC1. The van der Waals surface area contributed by atoms with E-state index in [1.165, 1.54) is 4.57 Å². The summed E-state index contributed by atoms with van der Waals surface area (Å²) in [7, 11) is -2.46. The Hall–Kier alpha value is -2.86. The quantitative estimate of drug-likeness (QED) is 0.507. The largest absolute Gasteiger partial charge is 0.351 e. The van der Waals surface area contributed by atoms with Crippen LogP contribution < -0.4 is 16.6 Å². The third-order valence-electron chi connectivity index (χ3n) is 5.54. The maximum Gasteiger partial charge on any atom is 0.351 e. The van der Waals surface area contributed by atoms with Crippen LogP contribution in [-0.4, -0.2) is 21.8 Å². The van der Waals surface area contributed by atoms with Gasteiger partial charge in [0.15, 0.2) is 0 Å². The normalized spacial score (nSPS) is 17.0. The number of benzene rings is 2. The fourth-order valence-corrected chi connectivity index (χ4v) is 6.62. The minimum atomic E-state index is -2.46. The third-order valence-corrected chi connectivity index (χ3v) is 8.75. The van der Waals surface area contributed by atoms with Crippen molar-refractivity contribution in [1.29, 1.82) is 0 Å². The Morgan fingerprint density at radius 1 is 0.893 bits per heavy atom. The average Bonchev–Trinajstić information content (AvgIpc) is 3.00. The number of allylic oxidation sites excluding steroid dienone is 2. The Morgan fingerprint density at radius 3 is 2.14 bits per heavy atom. The van der Waals surface area contributed by atoms with Crippen LogP contribution in [-0.2, 0) is 0 Å². The smallest absolute Gasteiger partial charge is 0.257 e. The van der Waals surface area contributed by atoms with E-state index in [0.717, 1.165) is 24.4 Å². The maximum absolute atomic E-state index is 13.6. The van der Waals surface area contributed by atoms with Gasteiger partial charge in [-0.1, -0.05) is 60.7 Å². The summed E-state index contributed by atoms with van der Waals surface area (Å²) in [4.78, 5) is 27.1. The summed E-state index contributed by atoms with van der Waals surface area (Å²) in [6, 6.07) is 19.2. The summed E-state index contributed by atoms with van der Waals surface area (Å²) in [5.74, 6) is 0. The molecule has 1 atom stereocenters. The molecule has 5 nitrogen and oxygen atoms in total. The van der Waals surface area contributed by atoms with Crippen LogP contribution in [0.4, 0.5) is 0 Å². The molecule has 0 spiro atoms. The molecule has 1 aromatic heterocycles. The van der Waals surface area contributed by atoms with E-state index in [4.69, 9.17) is 0 Å². The molecule has 1 heterocycles. The molecule has 0 aliphatic heterocycles. The summed E-state index contributed by atoms with van der Waals surface area (Å²) >= 11 is 0. The van der Waals surface area contributed by atoms with Crippen LogP contribution in [0, 0.1) is 0 Å². The van der Waals surface area contributed by atoms with Crippen LogP contribution in [0.25, 0.3) is 5.69 Å². The molecule has 4 rings (SSSR count). The molecule has 1 aliphatic carbocycles. The third kappa shape index (κ3) is 3.03. The van der Waals surface area contributed by atoms with Crippen molar-refractivity contribution < 1.29 is 0 Å². The molecule has 6 heteroatoms. The number of rotatable bonds is 4. The van der Waals surface area contributed by atoms with Crippen LogP contribution in [0.1, 0.15) is 25.3 Å². The lowest BCUT2D eigenvalue weighted by atomic mass is 10.0. The molecule has 0 amide bonds. The van der Waals surface area contributed by atoms with Crippen molar-refractivity contribution in [2.75, 3.05) is 0 Å². The van der Waals surface area contributed by atoms with Crippen LogP contribution in [0.15, 0.2) is 82.4 Å². The molecule has 28 heavy (non-hydrogen) atoms. The van der Waals surface area contributed by atoms with E-state index in [0.29, 0.717) is 5.69 Å². The predicted molar refractivity (Wildman–Crippen MR) is 115 cm³/mol. The molecular formula is C22H25N3O2Si. The van der Waals surface area contributed by atoms with Crippen molar-refractivity contribution in [3.63, 3.8) is 0 Å². The Morgan fingerprint density at radius 2 is 1.54 bits per heavy atom. The first kappa shape index (κ1) is 18.5. The van der Waals surface area contributed by atoms with Gasteiger partial charge in [0.25, 0.3) is 0 Å². The second kappa shape index (κ2) is 7.28. The van der Waals surface area contributed by atoms with E-state index in [-0.39, 0.29) is 17.4 Å². The molecule has 1 unspecified atom stereocenters. The van der Waals surface area contributed by atoms with Crippen molar-refractivity contribution in [2.24, 2.45) is 0 Å². The van der Waals surface area contributed by atoms with Crippen molar-refractivity contribution in [3.8, 4) is 5.69 Å². The van der Waals surface area contributed by atoms with Gasteiger partial charge in [-0.3, -0.25) is 4.35 Å². The molecule has 0 saturated heterocycles. The lowest BCUT2D eigenvalue weighted by molar-refractivity contribution is 0.436. The first-order chi connectivity index (χ1) is 13.5. The van der Waals surface area contributed by atoms with E-state index in [1.54, 1.807) is 9.03 Å². The van der Waals surface area contributed by atoms with Gasteiger partial charge in [-0.25, -0.2) is 18.8 Å². The van der Waals surface area contributed by atoms with Gasteiger partial charge < -0.3 is 0 Å². The first-order valence-electron chi connectivity index (χ1n) is 9.76. The Bertz CT molecular complexity index is 1110. The molecule has 0 N–H and O–H groups in total. The Kier molecular flexibility index (Phi) is 4.81. The van der Waals surface area contributed by atoms with Crippen LogP contribution in [0.3, 0.4) is 0 Å². The summed E-state index contributed by atoms with van der Waals surface area (Å²) in [6.45, 7) is 4.25. The monoisotopic (exact) mass is 391 g/mol. The van der Waals surface area contributed by atoms with E-state index >= 15 is 0 Å². The van der Waals surface area contributed by atoms with Crippen LogP contribution >= 0.6 is 0 Å². The highest BCUT2D eigenvalue weighted by molar-refractivity contribution is 6.88. The second-order valence-electron chi connectivity index (χ2n) is 7.74.